The van der Waals surface area contributed by atoms with E-state index in [1.54, 1.807) is 22.5 Å². The summed E-state index contributed by atoms with van der Waals surface area (Å²) in [6, 6.07) is 0. The molecule has 0 bridgehead atoms. The van der Waals surface area contributed by atoms with Crippen LogP contribution in [0.3, 0.4) is 0 Å². The molecular weight excluding hydrogens is 255 g/mol. The molecule has 0 aliphatic heterocycles. The predicted octanol–water partition coefficient (Wildman–Crippen LogP) is 0.529. The third-order valence-corrected chi connectivity index (χ3v) is 1.96. The first-order chi connectivity index (χ1) is 4.91. The maximum atomic E-state index is 9.10. The third-order valence-electron chi connectivity index (χ3n) is 0.795. The number of carbonyl (C=O) groups is 2. The fourth-order valence-corrected chi connectivity index (χ4v) is 0. The van der Waals surface area contributed by atoms with Gasteiger partial charge in [0.25, 0.3) is 0 Å². The minimum absolute atomic E-state index is 0.974. The third kappa shape index (κ3) is 17.7. The van der Waals surface area contributed by atoms with Gasteiger partial charge in [-0.25, -0.2) is 9.59 Å². The van der Waals surface area contributed by atoms with Crippen LogP contribution in [-0.2, 0) is 9.59 Å². The number of carboxylic acids is 2. The number of carboxylic acid groups (broad SMARTS) is 2. The van der Waals surface area contributed by atoms with E-state index in [9.17, 15) is 0 Å². The largest absolute Gasteiger partial charge is 0.473 e. The van der Waals surface area contributed by atoms with E-state index in [4.69, 9.17) is 19.8 Å². The molecule has 0 fully saturated rings. The fourth-order valence-electron chi connectivity index (χ4n) is 0. The van der Waals surface area contributed by atoms with Crippen molar-refractivity contribution < 1.29 is 19.8 Å². The van der Waals surface area contributed by atoms with Crippen LogP contribution >= 0.6 is 0 Å². The molecule has 11 heavy (non-hydrogen) atoms. The van der Waals surface area contributed by atoms with E-state index in [-0.39, 0.29) is 0 Å². The van der Waals surface area contributed by atoms with Gasteiger partial charge >= 0.3 is 58.7 Å². The molecule has 1 atom stereocenters. The van der Waals surface area contributed by atoms with Crippen LogP contribution in [0.1, 0.15) is 20.3 Å². The summed E-state index contributed by atoms with van der Waals surface area (Å²) in [4.78, 5) is 18.2. The van der Waals surface area contributed by atoms with Crippen molar-refractivity contribution in [2.24, 2.45) is 0 Å². The van der Waals surface area contributed by atoms with Crippen LogP contribution in [-0.4, -0.2) is 44.7 Å². The van der Waals surface area contributed by atoms with Crippen molar-refractivity contribution in [3.05, 3.63) is 0 Å². The Labute approximate surface area is 78.7 Å². The minimum Gasteiger partial charge on any atom is -0.473 e. The molecule has 0 heterocycles. The van der Waals surface area contributed by atoms with Gasteiger partial charge in [-0.2, -0.15) is 0 Å². The summed E-state index contributed by atoms with van der Waals surface area (Å²) in [5, 5.41) is 14.8. The standard InChI is InChI=1S/C4H9.C2H2O4.Sn/c1-3-4-2;3-1(4)2(5)6;/h3H,4H2,1-2H3;(H,3,4)(H,5,6);. The molecule has 1 unspecified atom stereocenters. The van der Waals surface area contributed by atoms with Crippen molar-refractivity contribution in [1.82, 2.24) is 0 Å². The molecule has 5 heteroatoms. The zero-order chi connectivity index (χ0) is 9.44. The van der Waals surface area contributed by atoms with Crippen molar-refractivity contribution in [2.45, 2.75) is 24.2 Å². The second-order valence-electron chi connectivity index (χ2n) is 1.92. The van der Waals surface area contributed by atoms with Gasteiger partial charge in [-0.05, 0) is 0 Å². The Bertz CT molecular complexity index is 121. The average molecular weight is 266 g/mol. The summed E-state index contributed by atoms with van der Waals surface area (Å²) in [5.74, 6) is -3.65. The van der Waals surface area contributed by atoms with Crippen LogP contribution in [0, 0.1) is 0 Å². The topological polar surface area (TPSA) is 74.6 Å². The molecule has 0 aliphatic rings. The quantitative estimate of drug-likeness (QED) is 0.536. The molecular formula is C6H11O4Sn. The molecule has 0 aliphatic carbocycles. The molecule has 0 spiro atoms. The van der Waals surface area contributed by atoms with E-state index in [1.807, 2.05) is 0 Å². The average Bonchev–Trinajstić information content (AvgIpc) is 1.89. The summed E-state index contributed by atoms with van der Waals surface area (Å²) in [6.07, 6.45) is 1.35. The molecule has 0 amide bonds. The molecule has 0 aromatic heterocycles. The van der Waals surface area contributed by atoms with E-state index in [2.05, 4.69) is 13.8 Å². The Morgan fingerprint density at radius 2 is 1.55 bits per heavy atom. The van der Waals surface area contributed by atoms with Gasteiger partial charge in [0.2, 0.25) is 0 Å². The van der Waals surface area contributed by atoms with E-state index < -0.39 is 11.9 Å². The van der Waals surface area contributed by atoms with Crippen molar-refractivity contribution in [1.29, 1.82) is 0 Å². The minimum atomic E-state index is -1.82. The van der Waals surface area contributed by atoms with Gasteiger partial charge in [-0.15, -0.1) is 0 Å². The summed E-state index contributed by atoms with van der Waals surface area (Å²) < 4.78 is 0.974. The zero-order valence-electron chi connectivity index (χ0n) is 6.50. The first kappa shape index (κ1) is 13.3. The Kier molecular flexibility index (Phi) is 9.51. The second-order valence-corrected chi connectivity index (χ2v) is 4.73. The van der Waals surface area contributed by atoms with Crippen molar-refractivity contribution in [2.75, 3.05) is 0 Å². The molecule has 63 valence electrons. The van der Waals surface area contributed by atoms with E-state index >= 15 is 0 Å². The van der Waals surface area contributed by atoms with E-state index in [0.717, 1.165) is 3.93 Å². The number of aliphatic carboxylic acids is 2. The van der Waals surface area contributed by atoms with Crippen LogP contribution in [0.2, 0.25) is 3.93 Å². The van der Waals surface area contributed by atoms with Crippen molar-refractivity contribution >= 4 is 34.5 Å². The van der Waals surface area contributed by atoms with Crippen molar-refractivity contribution in [3.63, 3.8) is 0 Å². The van der Waals surface area contributed by atoms with Crippen molar-refractivity contribution in [3.8, 4) is 0 Å². The van der Waals surface area contributed by atoms with Gasteiger partial charge in [0.15, 0.2) is 0 Å². The molecule has 0 rings (SSSR count). The number of hydrogen-bond acceptors (Lipinski definition) is 2. The summed E-state index contributed by atoms with van der Waals surface area (Å²) in [6.45, 7) is 4.48. The van der Waals surface area contributed by atoms with Gasteiger partial charge in [0.05, 0.1) is 0 Å². The molecule has 0 saturated heterocycles. The molecule has 4 nitrogen and oxygen atoms in total. The monoisotopic (exact) mass is 267 g/mol. The van der Waals surface area contributed by atoms with E-state index in [1.165, 1.54) is 6.42 Å². The van der Waals surface area contributed by atoms with Gasteiger partial charge in [0.1, 0.15) is 0 Å². The number of hydrogen-bond donors (Lipinski definition) is 2. The molecule has 0 aromatic carbocycles. The normalized spacial score (nSPS) is 10.8. The number of rotatable bonds is 1. The zero-order valence-corrected chi connectivity index (χ0v) is 9.35. The predicted molar refractivity (Wildman–Crippen MR) is 40.7 cm³/mol. The molecule has 0 aromatic rings. The summed E-state index contributed by atoms with van der Waals surface area (Å²) >= 11 is 1.67. The SMILES string of the molecule is CC[CH](C)[Sn].O=C(O)C(=O)O. The Morgan fingerprint density at radius 3 is 1.55 bits per heavy atom. The van der Waals surface area contributed by atoms with Crippen LogP contribution < -0.4 is 0 Å². The van der Waals surface area contributed by atoms with Crippen LogP contribution in [0.15, 0.2) is 0 Å². The Hall–Kier alpha value is -0.261. The summed E-state index contributed by atoms with van der Waals surface area (Å²) in [5.41, 5.74) is 0. The second kappa shape index (κ2) is 7.84. The molecule has 3 radical (unpaired) electrons. The Morgan fingerprint density at radius 1 is 1.36 bits per heavy atom. The molecule has 2 N–H and O–H groups in total. The Balaban J connectivity index is 0. The van der Waals surface area contributed by atoms with Gasteiger partial charge < -0.3 is 10.2 Å². The molecule has 0 saturated carbocycles. The van der Waals surface area contributed by atoms with Crippen LogP contribution in [0.25, 0.3) is 0 Å². The first-order valence-electron chi connectivity index (χ1n) is 3.09. The van der Waals surface area contributed by atoms with Gasteiger partial charge in [-0.3, -0.25) is 0 Å². The maximum absolute atomic E-state index is 9.10. The fraction of sp³-hybridized carbons (Fsp3) is 0.667. The summed E-state index contributed by atoms with van der Waals surface area (Å²) in [7, 11) is 0. The maximum Gasteiger partial charge on any atom is 0.414 e. The van der Waals surface area contributed by atoms with Crippen LogP contribution in [0.4, 0.5) is 0 Å². The van der Waals surface area contributed by atoms with Gasteiger partial charge in [-0.1, -0.05) is 0 Å². The van der Waals surface area contributed by atoms with Gasteiger partial charge in [0, 0.05) is 0 Å². The smallest absolute Gasteiger partial charge is 0.414 e. The van der Waals surface area contributed by atoms with Crippen LogP contribution in [0.5, 0.6) is 0 Å². The van der Waals surface area contributed by atoms with E-state index in [0.29, 0.717) is 0 Å². The first-order valence-corrected chi connectivity index (χ1v) is 4.73.